The van der Waals surface area contributed by atoms with E-state index in [9.17, 15) is 10.3 Å². The average molecular weight is 651 g/mol. The van der Waals surface area contributed by atoms with Crippen molar-refractivity contribution in [2.75, 3.05) is 40.4 Å². The molecule has 43 heavy (non-hydrogen) atoms. The van der Waals surface area contributed by atoms with Crippen LogP contribution < -0.4 is 15.6 Å². The summed E-state index contributed by atoms with van der Waals surface area (Å²) in [5.41, 5.74) is 16.2. The lowest BCUT2D eigenvalue weighted by Gasteiger charge is -2.31. The Labute approximate surface area is 259 Å². The van der Waals surface area contributed by atoms with Crippen LogP contribution in [-0.2, 0) is 16.0 Å². The molecule has 0 unspecified atom stereocenters. The van der Waals surface area contributed by atoms with E-state index in [0.717, 1.165) is 23.0 Å². The van der Waals surface area contributed by atoms with Gasteiger partial charge in [0.15, 0.2) is 11.6 Å². The summed E-state index contributed by atoms with van der Waals surface area (Å²) in [7, 11) is 3.99. The number of hydrogen-bond donors (Lipinski definition) is 3. The molecule has 0 spiro atoms. The fourth-order valence-electron chi connectivity index (χ4n) is 4.76. The van der Waals surface area contributed by atoms with Crippen molar-refractivity contribution in [3.8, 4) is 5.75 Å². The molecule has 4 rings (SSSR count). The summed E-state index contributed by atoms with van der Waals surface area (Å²) in [6.07, 6.45) is 0.665. The zero-order valence-electron chi connectivity index (χ0n) is 24.2. The molecular weight excluding hydrogens is 614 g/mol. The van der Waals surface area contributed by atoms with Crippen LogP contribution in [0.15, 0.2) is 87.4 Å². The highest BCUT2D eigenvalue weighted by Gasteiger charge is 2.54. The van der Waals surface area contributed by atoms with Gasteiger partial charge in [-0.15, -0.1) is 0 Å². The fourth-order valence-corrected chi connectivity index (χ4v) is 5.02. The molecule has 0 saturated carbocycles. The molecule has 2 atom stereocenters. The van der Waals surface area contributed by atoms with Crippen molar-refractivity contribution in [2.45, 2.75) is 30.9 Å². The second-order valence-corrected chi connectivity index (χ2v) is 11.3. The minimum absolute atomic E-state index is 0.0501. The molecule has 1 aliphatic heterocycles. The van der Waals surface area contributed by atoms with Crippen LogP contribution in [0.25, 0.3) is 10.4 Å². The zero-order valence-corrected chi connectivity index (χ0v) is 25.8. The third kappa shape index (κ3) is 8.34. The predicted octanol–water partition coefficient (Wildman–Crippen LogP) is 5.22. The molecule has 0 aliphatic carbocycles. The van der Waals surface area contributed by atoms with E-state index in [0.29, 0.717) is 42.1 Å². The Balaban J connectivity index is 1.76. The maximum absolute atomic E-state index is 14.2. The van der Waals surface area contributed by atoms with E-state index < -0.39 is 11.6 Å². The number of amides is 1. The first-order valence-electron chi connectivity index (χ1n) is 14.0. The van der Waals surface area contributed by atoms with Crippen molar-refractivity contribution in [2.24, 2.45) is 10.1 Å². The number of rotatable bonds is 15. The lowest BCUT2D eigenvalue weighted by Crippen LogP contribution is -2.54. The lowest BCUT2D eigenvalue weighted by molar-refractivity contribution is -0.130. The maximum Gasteiger partial charge on any atom is 0.266 e. The van der Waals surface area contributed by atoms with Crippen molar-refractivity contribution in [3.63, 3.8) is 0 Å². The number of benzene rings is 3. The molecule has 3 aromatic carbocycles. The Morgan fingerprint density at radius 3 is 2.58 bits per heavy atom. The third-order valence-electron chi connectivity index (χ3n) is 6.90. The lowest BCUT2D eigenvalue weighted by atomic mass is 9.81. The first-order chi connectivity index (χ1) is 20.9. The Hall–Kier alpha value is -3.93. The molecule has 226 valence electrons. The largest absolute Gasteiger partial charge is 0.494 e. The molecular formula is C31H36BrN7O4. The van der Waals surface area contributed by atoms with Crippen molar-refractivity contribution in [1.82, 2.24) is 15.8 Å². The maximum atomic E-state index is 14.2. The van der Waals surface area contributed by atoms with Crippen LogP contribution in [0.3, 0.4) is 0 Å². The number of ether oxygens (including phenoxy) is 2. The number of halogens is 1. The Bertz CT molecular complexity index is 1440. The molecule has 1 amide bonds. The fraction of sp³-hybridized carbons (Fsp3) is 0.355. The van der Waals surface area contributed by atoms with Gasteiger partial charge in [-0.3, -0.25) is 10.2 Å². The van der Waals surface area contributed by atoms with E-state index in [4.69, 9.17) is 19.6 Å². The van der Waals surface area contributed by atoms with Crippen LogP contribution in [0.1, 0.15) is 35.6 Å². The molecule has 0 aromatic heterocycles. The zero-order chi connectivity index (χ0) is 30.7. The number of aliphatic hydroxyl groups excluding tert-OH is 1. The number of carbonyl (C=O) groups is 1. The predicted molar refractivity (Wildman–Crippen MR) is 169 cm³/mol. The van der Waals surface area contributed by atoms with Crippen LogP contribution in [0.2, 0.25) is 0 Å². The van der Waals surface area contributed by atoms with Crippen LogP contribution >= 0.6 is 15.9 Å². The van der Waals surface area contributed by atoms with Crippen LogP contribution in [0.4, 0.5) is 5.69 Å². The van der Waals surface area contributed by atoms with Gasteiger partial charge in [-0.2, -0.15) is 0 Å². The number of hydrazine groups is 1. The highest BCUT2D eigenvalue weighted by Crippen LogP contribution is 2.45. The molecule has 1 aliphatic rings. The summed E-state index contributed by atoms with van der Waals surface area (Å²) in [5.74, 6) is 0.546. The van der Waals surface area contributed by atoms with Gasteiger partial charge >= 0.3 is 0 Å². The summed E-state index contributed by atoms with van der Waals surface area (Å²) in [6, 6.07) is 22.0. The molecule has 0 bridgehead atoms. The SMILES string of the molecule is CN(C)CCCNNC(=O)[C@@]1(Cc2ccc(Br)cc2)N=C(c2ccc(OCCCO)cc2)O[C@H]1c1ccccc1N=[N+]=[N-]. The number of aliphatic hydroxyl groups is 1. The van der Waals surface area contributed by atoms with Gasteiger partial charge in [0, 0.05) is 52.2 Å². The molecule has 3 aromatic rings. The number of nitrogens with zero attached hydrogens (tertiary/aromatic N) is 5. The smallest absolute Gasteiger partial charge is 0.266 e. The summed E-state index contributed by atoms with van der Waals surface area (Å²) < 4.78 is 13.1. The van der Waals surface area contributed by atoms with E-state index in [1.807, 2.05) is 56.6 Å². The average Bonchev–Trinajstić information content (AvgIpc) is 3.39. The van der Waals surface area contributed by atoms with Crippen molar-refractivity contribution in [3.05, 3.63) is 104 Å². The third-order valence-corrected chi connectivity index (χ3v) is 7.43. The molecule has 0 fully saturated rings. The highest BCUT2D eigenvalue weighted by molar-refractivity contribution is 9.10. The number of nitrogens with one attached hydrogen (secondary N) is 2. The molecule has 0 saturated heterocycles. The van der Waals surface area contributed by atoms with Gasteiger partial charge in [0.1, 0.15) is 5.75 Å². The van der Waals surface area contributed by atoms with Crippen molar-refractivity contribution < 1.29 is 19.4 Å². The standard InChI is InChI=1S/C31H36BrN7O4/c1-39(2)18-5-17-34-37-30(41)31(21-22-9-13-24(32)14-10-22)28(26-7-3-4-8-27(26)36-38-33)43-29(35-31)23-11-15-25(16-12-23)42-20-6-19-40/h3-4,7-16,28,34,40H,5-6,17-21H2,1-2H3,(H,37,41)/t28-,31-/m0/s1. The van der Waals surface area contributed by atoms with Crippen LogP contribution in [0, 0.1) is 0 Å². The molecule has 11 nitrogen and oxygen atoms in total. The number of aliphatic imine (C=N–C) groups is 1. The summed E-state index contributed by atoms with van der Waals surface area (Å²) in [6.45, 7) is 1.87. The highest BCUT2D eigenvalue weighted by atomic mass is 79.9. The Kier molecular flexibility index (Phi) is 11.5. The summed E-state index contributed by atoms with van der Waals surface area (Å²) >= 11 is 3.49. The molecule has 1 heterocycles. The number of hydrogen-bond acceptors (Lipinski definition) is 8. The van der Waals surface area contributed by atoms with Gasteiger partial charge in [-0.05, 0) is 74.6 Å². The van der Waals surface area contributed by atoms with Crippen molar-refractivity contribution >= 4 is 33.4 Å². The molecule has 0 radical (unpaired) electrons. The number of carbonyl (C=O) groups excluding carboxylic acids is 1. The number of azide groups is 1. The Morgan fingerprint density at radius 1 is 1.14 bits per heavy atom. The minimum atomic E-state index is -1.45. The van der Waals surface area contributed by atoms with Gasteiger partial charge < -0.3 is 19.5 Å². The van der Waals surface area contributed by atoms with E-state index in [1.54, 1.807) is 30.3 Å². The van der Waals surface area contributed by atoms with E-state index in [1.165, 1.54) is 0 Å². The Morgan fingerprint density at radius 2 is 1.88 bits per heavy atom. The van der Waals surface area contributed by atoms with Gasteiger partial charge in [0.05, 0.1) is 6.61 Å². The minimum Gasteiger partial charge on any atom is -0.494 e. The van der Waals surface area contributed by atoms with Crippen molar-refractivity contribution in [1.29, 1.82) is 0 Å². The topological polar surface area (TPSA) is 144 Å². The van der Waals surface area contributed by atoms with Gasteiger partial charge in [0.2, 0.25) is 5.90 Å². The van der Waals surface area contributed by atoms with Crippen LogP contribution in [0.5, 0.6) is 5.75 Å². The van der Waals surface area contributed by atoms with Gasteiger partial charge in [-0.1, -0.05) is 57.4 Å². The first-order valence-corrected chi connectivity index (χ1v) is 14.8. The summed E-state index contributed by atoms with van der Waals surface area (Å²) in [5, 5.41) is 12.9. The van der Waals surface area contributed by atoms with E-state index >= 15 is 0 Å². The second kappa shape index (κ2) is 15.5. The molecule has 12 heteroatoms. The monoisotopic (exact) mass is 649 g/mol. The van der Waals surface area contributed by atoms with E-state index in [-0.39, 0.29) is 24.8 Å². The van der Waals surface area contributed by atoms with E-state index in [2.05, 4.69) is 41.7 Å². The molecule has 3 N–H and O–H groups in total. The van der Waals surface area contributed by atoms with Gasteiger partial charge in [-0.25, -0.2) is 10.4 Å². The normalized spacial score (nSPS) is 17.6. The first kappa shape index (κ1) is 32.0. The van der Waals surface area contributed by atoms with Gasteiger partial charge in [0.25, 0.3) is 5.91 Å². The second-order valence-electron chi connectivity index (χ2n) is 10.4. The quantitative estimate of drug-likeness (QED) is 0.0676. The van der Waals surface area contributed by atoms with Crippen LogP contribution in [-0.4, -0.2) is 67.7 Å². The summed E-state index contributed by atoms with van der Waals surface area (Å²) in [4.78, 5) is 24.3.